The van der Waals surface area contributed by atoms with Gasteiger partial charge in [-0.25, -0.2) is 0 Å². The van der Waals surface area contributed by atoms with E-state index in [-0.39, 0.29) is 0 Å². The smallest absolute Gasteiger partial charge is 0.00639 e. The van der Waals surface area contributed by atoms with Crippen molar-refractivity contribution in [3.63, 3.8) is 0 Å². The topological polar surface area (TPSA) is 0 Å². The Bertz CT molecular complexity index is 2350. The highest BCUT2D eigenvalue weighted by Crippen LogP contribution is 2.41. The number of hydrogen-bond acceptors (Lipinski definition) is 0. The third-order valence-corrected chi connectivity index (χ3v) is 11.5. The van der Waals surface area contributed by atoms with Gasteiger partial charge in [0, 0.05) is 0 Å². The standard InChI is InChI=1S/C46H41/c1-3-29-20-25-33(28-30(29)4-2)45-41-16-9-7-14-39(41)44(40-15-8-10-17-42(40)45)32-23-21-31(22-24-32)34-26-27-43-36-13-6-5-12-35(36)38-19-11-18-37(34)46(38)43/h4-7,9,11-19,21,23,28-29H,1,3,8,10,20,22,24-27H2,2H3/q-1/b30-4-. The van der Waals surface area contributed by atoms with E-state index in [4.69, 9.17) is 0 Å². The summed E-state index contributed by atoms with van der Waals surface area (Å²) >= 11 is 0. The molecule has 0 N–H and O–H groups in total. The number of rotatable bonds is 4. The van der Waals surface area contributed by atoms with Crippen molar-refractivity contribution >= 4 is 45.2 Å². The summed E-state index contributed by atoms with van der Waals surface area (Å²) in [5, 5.41) is 8.73. The molecule has 9 rings (SSSR count). The van der Waals surface area contributed by atoms with Gasteiger partial charge in [0.15, 0.2) is 0 Å². The van der Waals surface area contributed by atoms with Crippen LogP contribution in [0.15, 0.2) is 102 Å². The third kappa shape index (κ3) is 4.19. The minimum Gasteiger partial charge on any atom is -0.343 e. The Morgan fingerprint density at radius 2 is 1.30 bits per heavy atom. The first-order valence-corrected chi connectivity index (χ1v) is 17.5. The first-order valence-electron chi connectivity index (χ1n) is 17.5. The summed E-state index contributed by atoms with van der Waals surface area (Å²) in [5.74, 6) is 0.581. The molecule has 4 aromatic rings. The second-order valence-corrected chi connectivity index (χ2v) is 13.7. The van der Waals surface area contributed by atoms with Gasteiger partial charge in [0.25, 0.3) is 0 Å². The summed E-state index contributed by atoms with van der Waals surface area (Å²) in [5.41, 5.74) is 16.3. The highest BCUT2D eigenvalue weighted by molar-refractivity contribution is 6.02. The van der Waals surface area contributed by atoms with Crippen molar-refractivity contribution in [2.45, 2.75) is 64.7 Å². The molecule has 0 heterocycles. The Morgan fingerprint density at radius 1 is 0.652 bits per heavy atom. The Labute approximate surface area is 272 Å². The zero-order valence-electron chi connectivity index (χ0n) is 27.0. The van der Waals surface area contributed by atoms with Gasteiger partial charge in [-0.2, -0.15) is 6.42 Å². The summed E-state index contributed by atoms with van der Waals surface area (Å²) in [7, 11) is 0. The predicted molar refractivity (Wildman–Crippen MR) is 197 cm³/mol. The van der Waals surface area contributed by atoms with Gasteiger partial charge in [-0.05, 0) is 152 Å². The molecule has 46 heavy (non-hydrogen) atoms. The minimum atomic E-state index is 0.581. The lowest BCUT2D eigenvalue weighted by molar-refractivity contribution is 0.574. The molecule has 0 fully saturated rings. The van der Waals surface area contributed by atoms with Crippen LogP contribution in [-0.2, 0) is 0 Å². The Hall–Kier alpha value is -4.42. The largest absolute Gasteiger partial charge is 0.343 e. The van der Waals surface area contributed by atoms with Crippen LogP contribution < -0.4 is 20.9 Å². The molecule has 226 valence electrons. The number of fused-ring (bicyclic) bond motifs is 5. The molecule has 1 unspecified atom stereocenters. The number of benzene rings is 4. The van der Waals surface area contributed by atoms with E-state index in [1.54, 1.807) is 11.1 Å². The van der Waals surface area contributed by atoms with Gasteiger partial charge in [0.05, 0.1) is 0 Å². The molecule has 0 nitrogen and oxygen atoms in total. The van der Waals surface area contributed by atoms with Gasteiger partial charge in [0.2, 0.25) is 0 Å². The van der Waals surface area contributed by atoms with Gasteiger partial charge in [-0.15, -0.1) is 0 Å². The zero-order chi connectivity index (χ0) is 30.8. The molecule has 0 radical (unpaired) electrons. The van der Waals surface area contributed by atoms with Gasteiger partial charge < -0.3 is 6.92 Å². The monoisotopic (exact) mass is 593 g/mol. The van der Waals surface area contributed by atoms with Crippen molar-refractivity contribution in [3.8, 4) is 11.1 Å². The first-order chi connectivity index (χ1) is 22.7. The van der Waals surface area contributed by atoms with Crippen LogP contribution in [0.1, 0.15) is 81.4 Å². The minimum absolute atomic E-state index is 0.581. The predicted octanol–water partition coefficient (Wildman–Crippen LogP) is 9.09. The van der Waals surface area contributed by atoms with Crippen molar-refractivity contribution in [2.75, 3.05) is 0 Å². The quantitative estimate of drug-likeness (QED) is 0.207. The van der Waals surface area contributed by atoms with Crippen LogP contribution in [0.25, 0.3) is 56.3 Å². The maximum absolute atomic E-state index is 4.26. The van der Waals surface area contributed by atoms with Gasteiger partial charge in [-0.3, -0.25) is 0 Å². The highest BCUT2D eigenvalue weighted by Gasteiger charge is 2.26. The fourth-order valence-corrected chi connectivity index (χ4v) is 9.31. The van der Waals surface area contributed by atoms with E-state index in [2.05, 4.69) is 117 Å². The molecule has 0 heteroatoms. The van der Waals surface area contributed by atoms with E-state index in [0.717, 1.165) is 51.4 Å². The van der Waals surface area contributed by atoms with E-state index < -0.39 is 0 Å². The molecule has 0 spiro atoms. The SMILES string of the molecule is [CH2-]CC1CCC(c2c3c(c(C4=CC=C(C5=c6cccc7c6=C(CC5)c5ccccc5-7)CC4)c4ccccc24)=CCCC=3)=C/C1=C/C. The van der Waals surface area contributed by atoms with Crippen molar-refractivity contribution in [1.29, 1.82) is 0 Å². The zero-order valence-corrected chi connectivity index (χ0v) is 27.0. The summed E-state index contributed by atoms with van der Waals surface area (Å²) in [4.78, 5) is 0. The van der Waals surface area contributed by atoms with E-state index in [0.29, 0.717) is 5.92 Å². The Kier molecular flexibility index (Phi) is 6.74. The molecule has 0 amide bonds. The molecule has 0 saturated carbocycles. The lowest BCUT2D eigenvalue weighted by Gasteiger charge is -2.28. The van der Waals surface area contributed by atoms with E-state index in [1.165, 1.54) is 88.2 Å². The van der Waals surface area contributed by atoms with Crippen LogP contribution in [0.4, 0.5) is 0 Å². The fourth-order valence-electron chi connectivity index (χ4n) is 9.31. The van der Waals surface area contributed by atoms with Crippen molar-refractivity contribution in [3.05, 3.63) is 147 Å². The summed E-state index contributed by atoms with van der Waals surface area (Å²) < 4.78 is 0. The van der Waals surface area contributed by atoms with E-state index in [1.807, 2.05) is 0 Å². The van der Waals surface area contributed by atoms with Crippen LogP contribution in [0.2, 0.25) is 0 Å². The number of allylic oxidation sites excluding steroid dienone is 8. The van der Waals surface area contributed by atoms with Crippen LogP contribution in [0, 0.1) is 12.8 Å². The second kappa shape index (κ2) is 11.1. The molecule has 0 aliphatic heterocycles. The van der Waals surface area contributed by atoms with Gasteiger partial charge in [-0.1, -0.05) is 109 Å². The van der Waals surface area contributed by atoms with Crippen LogP contribution >= 0.6 is 0 Å². The van der Waals surface area contributed by atoms with Crippen LogP contribution in [-0.4, -0.2) is 0 Å². The van der Waals surface area contributed by atoms with Crippen molar-refractivity contribution in [1.82, 2.24) is 0 Å². The molecule has 4 aromatic carbocycles. The average molecular weight is 594 g/mol. The second-order valence-electron chi connectivity index (χ2n) is 13.7. The molecule has 0 aromatic heterocycles. The number of hydrogen-bond donors (Lipinski definition) is 0. The Balaban J connectivity index is 1.21. The first kappa shape index (κ1) is 27.9. The van der Waals surface area contributed by atoms with Crippen molar-refractivity contribution < 1.29 is 0 Å². The molecule has 0 saturated heterocycles. The third-order valence-electron chi connectivity index (χ3n) is 11.5. The molecular formula is C46H41-. The summed E-state index contributed by atoms with van der Waals surface area (Å²) in [6.07, 6.45) is 24.8. The lowest BCUT2D eigenvalue weighted by Crippen LogP contribution is -2.35. The fraction of sp³-hybridized carbons (Fsp3) is 0.239. The molecule has 5 aliphatic carbocycles. The van der Waals surface area contributed by atoms with Crippen LogP contribution in [0.5, 0.6) is 0 Å². The lowest BCUT2D eigenvalue weighted by atomic mass is 9.77. The molecular weight excluding hydrogens is 553 g/mol. The van der Waals surface area contributed by atoms with E-state index in [9.17, 15) is 0 Å². The van der Waals surface area contributed by atoms with Crippen molar-refractivity contribution in [2.24, 2.45) is 5.92 Å². The summed E-state index contributed by atoms with van der Waals surface area (Å²) in [6.45, 7) is 6.45. The molecule has 1 atom stereocenters. The van der Waals surface area contributed by atoms with Gasteiger partial charge in [0.1, 0.15) is 0 Å². The normalized spacial score (nSPS) is 20.7. The van der Waals surface area contributed by atoms with E-state index >= 15 is 0 Å². The molecule has 5 aliphatic rings. The van der Waals surface area contributed by atoms with Gasteiger partial charge >= 0.3 is 0 Å². The summed E-state index contributed by atoms with van der Waals surface area (Å²) in [6, 6.07) is 25.2. The average Bonchev–Trinajstić information content (AvgIpc) is 3.45. The Morgan fingerprint density at radius 3 is 2.02 bits per heavy atom. The van der Waals surface area contributed by atoms with Crippen LogP contribution in [0.3, 0.4) is 0 Å². The maximum atomic E-state index is 4.26. The maximum Gasteiger partial charge on any atom is -0.00639 e. The highest BCUT2D eigenvalue weighted by atomic mass is 14.3. The molecule has 0 bridgehead atoms.